The molecule has 1 unspecified atom stereocenters. The monoisotopic (exact) mass is 419 g/mol. The number of esters is 1. The molecule has 0 radical (unpaired) electrons. The highest BCUT2D eigenvalue weighted by Crippen LogP contribution is 2.23. The molecule has 1 saturated carbocycles. The molecule has 0 heterocycles. The number of rotatable bonds is 12. The average Bonchev–Trinajstić information content (AvgIpc) is 2.53. The standard InChI is InChI=1S/C21H42NO2.BrH/c1-5-6-7-8-9-10-11-15-18-20(22(2,3)4)21(23)24-19-16-13-12-14-17-19;/h19-20H,5-18H2,1-4H3;1H/q+1;/p-1. The Morgan fingerprint density at radius 3 is 1.96 bits per heavy atom. The van der Waals surface area contributed by atoms with Crippen LogP contribution in [0.25, 0.3) is 0 Å². The van der Waals surface area contributed by atoms with E-state index in [1.807, 2.05) is 0 Å². The highest BCUT2D eigenvalue weighted by molar-refractivity contribution is 5.74. The number of halogens is 1. The highest BCUT2D eigenvalue weighted by Gasteiger charge is 2.34. The van der Waals surface area contributed by atoms with Crippen LogP contribution >= 0.6 is 0 Å². The molecule has 3 nitrogen and oxygen atoms in total. The lowest BCUT2D eigenvalue weighted by Gasteiger charge is -2.34. The van der Waals surface area contributed by atoms with Crippen LogP contribution in [0.4, 0.5) is 0 Å². The van der Waals surface area contributed by atoms with Gasteiger partial charge < -0.3 is 26.2 Å². The van der Waals surface area contributed by atoms with Gasteiger partial charge >= 0.3 is 5.97 Å². The van der Waals surface area contributed by atoms with E-state index in [-0.39, 0.29) is 35.1 Å². The summed E-state index contributed by atoms with van der Waals surface area (Å²) in [5.41, 5.74) is 0. The van der Waals surface area contributed by atoms with Gasteiger partial charge in [0, 0.05) is 6.42 Å². The zero-order valence-electron chi connectivity index (χ0n) is 17.2. The summed E-state index contributed by atoms with van der Waals surface area (Å²) in [6, 6.07) is -0.00739. The molecule has 1 atom stereocenters. The second-order valence-corrected chi connectivity index (χ2v) is 8.59. The van der Waals surface area contributed by atoms with Crippen LogP contribution in [0.1, 0.15) is 96.8 Å². The van der Waals surface area contributed by atoms with Gasteiger partial charge in [0.25, 0.3) is 0 Å². The minimum atomic E-state index is -0.00739. The van der Waals surface area contributed by atoms with Crippen molar-refractivity contribution in [2.45, 2.75) is 109 Å². The van der Waals surface area contributed by atoms with E-state index in [9.17, 15) is 4.79 Å². The summed E-state index contributed by atoms with van der Waals surface area (Å²) >= 11 is 0. The zero-order valence-corrected chi connectivity index (χ0v) is 18.8. The maximum atomic E-state index is 12.7. The molecular formula is C21H42BrNO2. The molecule has 0 aromatic heterocycles. The van der Waals surface area contributed by atoms with E-state index >= 15 is 0 Å². The number of quaternary nitrogens is 1. The van der Waals surface area contributed by atoms with Crippen LogP contribution in [-0.4, -0.2) is 43.7 Å². The number of nitrogens with zero attached hydrogens (tertiary/aromatic N) is 1. The molecule has 0 aromatic carbocycles. The third-order valence-corrected chi connectivity index (χ3v) is 5.37. The maximum absolute atomic E-state index is 12.7. The van der Waals surface area contributed by atoms with E-state index < -0.39 is 0 Å². The second kappa shape index (κ2) is 14.0. The predicted molar refractivity (Wildman–Crippen MR) is 102 cm³/mol. The SMILES string of the molecule is CCCCCCCCCCC(C(=O)OC1CCCCC1)[N+](C)(C)C.[Br-]. The molecule has 0 bridgehead atoms. The van der Waals surface area contributed by atoms with Gasteiger partial charge in [-0.15, -0.1) is 0 Å². The van der Waals surface area contributed by atoms with E-state index in [0.29, 0.717) is 4.48 Å². The van der Waals surface area contributed by atoms with E-state index in [1.54, 1.807) is 0 Å². The number of carbonyl (C=O) groups is 1. The van der Waals surface area contributed by atoms with E-state index in [0.717, 1.165) is 25.7 Å². The molecule has 1 fully saturated rings. The van der Waals surface area contributed by atoms with Crippen LogP contribution in [0.15, 0.2) is 0 Å². The first kappa shape index (κ1) is 24.9. The molecule has 1 aliphatic carbocycles. The summed E-state index contributed by atoms with van der Waals surface area (Å²) in [5, 5.41) is 0. The van der Waals surface area contributed by atoms with Crippen LogP contribution in [0.2, 0.25) is 0 Å². The number of likely N-dealkylation sites (N-methyl/N-ethyl adjacent to an activating group) is 1. The lowest BCUT2D eigenvalue weighted by Crippen LogP contribution is -3.00. The zero-order chi connectivity index (χ0) is 17.8. The van der Waals surface area contributed by atoms with Gasteiger partial charge in [0.2, 0.25) is 0 Å². The number of hydrogen-bond acceptors (Lipinski definition) is 2. The molecule has 1 aliphatic rings. The predicted octanol–water partition coefficient (Wildman–Crippen LogP) is 2.47. The van der Waals surface area contributed by atoms with Gasteiger partial charge in [-0.25, -0.2) is 4.79 Å². The first-order chi connectivity index (χ1) is 11.4. The topological polar surface area (TPSA) is 26.3 Å². The lowest BCUT2D eigenvalue weighted by molar-refractivity contribution is -0.887. The third-order valence-electron chi connectivity index (χ3n) is 5.37. The largest absolute Gasteiger partial charge is 1.00 e. The summed E-state index contributed by atoms with van der Waals surface area (Å²) < 4.78 is 6.53. The first-order valence-corrected chi connectivity index (χ1v) is 10.5. The summed E-state index contributed by atoms with van der Waals surface area (Å²) in [5.74, 6) is 0.0392. The van der Waals surface area contributed by atoms with Gasteiger partial charge in [0.05, 0.1) is 21.1 Å². The van der Waals surface area contributed by atoms with Crippen molar-refractivity contribution in [3.8, 4) is 0 Å². The average molecular weight is 420 g/mol. The molecule has 25 heavy (non-hydrogen) atoms. The van der Waals surface area contributed by atoms with Crippen LogP contribution in [0.3, 0.4) is 0 Å². The van der Waals surface area contributed by atoms with E-state index in [1.165, 1.54) is 64.2 Å². The fourth-order valence-electron chi connectivity index (χ4n) is 3.72. The van der Waals surface area contributed by atoms with Crippen molar-refractivity contribution >= 4 is 5.97 Å². The van der Waals surface area contributed by atoms with Crippen molar-refractivity contribution in [1.29, 1.82) is 0 Å². The van der Waals surface area contributed by atoms with Crippen molar-refractivity contribution in [2.75, 3.05) is 21.1 Å². The van der Waals surface area contributed by atoms with Crippen LogP contribution in [0, 0.1) is 0 Å². The molecule has 0 amide bonds. The van der Waals surface area contributed by atoms with Crippen molar-refractivity contribution < 1.29 is 31.0 Å². The smallest absolute Gasteiger partial charge is 0.365 e. The Labute approximate surface area is 167 Å². The molecule has 0 aliphatic heterocycles. The van der Waals surface area contributed by atoms with Crippen LogP contribution in [0.5, 0.6) is 0 Å². The minimum Gasteiger partial charge on any atom is -1.00 e. The normalized spacial score (nSPS) is 17.0. The van der Waals surface area contributed by atoms with Crippen LogP contribution < -0.4 is 17.0 Å². The fourth-order valence-corrected chi connectivity index (χ4v) is 3.72. The quantitative estimate of drug-likeness (QED) is 0.276. The number of hydrogen-bond donors (Lipinski definition) is 0. The summed E-state index contributed by atoms with van der Waals surface area (Å²) in [7, 11) is 6.37. The van der Waals surface area contributed by atoms with Crippen molar-refractivity contribution in [2.24, 2.45) is 0 Å². The Balaban J connectivity index is 0.00000576. The Hall–Kier alpha value is -0.0900. The molecular weight excluding hydrogens is 378 g/mol. The molecule has 150 valence electrons. The molecule has 0 N–H and O–H groups in total. The number of ether oxygens (including phenoxy) is 1. The Bertz CT molecular complexity index is 335. The Morgan fingerprint density at radius 2 is 1.44 bits per heavy atom. The maximum Gasteiger partial charge on any atom is 0.365 e. The van der Waals surface area contributed by atoms with Crippen LogP contribution in [-0.2, 0) is 9.53 Å². The van der Waals surface area contributed by atoms with Crippen molar-refractivity contribution in [3.63, 3.8) is 0 Å². The van der Waals surface area contributed by atoms with E-state index in [2.05, 4.69) is 28.1 Å². The molecule has 0 saturated heterocycles. The van der Waals surface area contributed by atoms with Gasteiger partial charge in [-0.05, 0) is 32.1 Å². The van der Waals surface area contributed by atoms with Gasteiger partial charge in [-0.1, -0.05) is 58.3 Å². The number of unbranched alkanes of at least 4 members (excludes halogenated alkanes) is 7. The van der Waals surface area contributed by atoms with Gasteiger partial charge in [0.1, 0.15) is 6.10 Å². The second-order valence-electron chi connectivity index (χ2n) is 8.59. The summed E-state index contributed by atoms with van der Waals surface area (Å²) in [4.78, 5) is 12.7. The van der Waals surface area contributed by atoms with Gasteiger partial charge in [-0.3, -0.25) is 0 Å². The molecule has 1 rings (SSSR count). The fraction of sp³-hybridized carbons (Fsp3) is 0.952. The van der Waals surface area contributed by atoms with Crippen molar-refractivity contribution in [1.82, 2.24) is 0 Å². The van der Waals surface area contributed by atoms with Gasteiger partial charge in [0.15, 0.2) is 6.04 Å². The third kappa shape index (κ3) is 11.3. The lowest BCUT2D eigenvalue weighted by atomic mass is 9.97. The molecule has 4 heteroatoms. The Kier molecular flexibility index (Phi) is 14.0. The minimum absolute atomic E-state index is 0. The first-order valence-electron chi connectivity index (χ1n) is 10.5. The summed E-state index contributed by atoms with van der Waals surface area (Å²) in [6.45, 7) is 2.26. The molecule has 0 spiro atoms. The number of carbonyl (C=O) groups excluding carboxylic acids is 1. The Morgan fingerprint density at radius 1 is 0.920 bits per heavy atom. The molecule has 0 aromatic rings. The van der Waals surface area contributed by atoms with E-state index in [4.69, 9.17) is 4.74 Å². The van der Waals surface area contributed by atoms with Gasteiger partial charge in [-0.2, -0.15) is 0 Å². The van der Waals surface area contributed by atoms with Crippen molar-refractivity contribution in [3.05, 3.63) is 0 Å². The highest BCUT2D eigenvalue weighted by atomic mass is 79.9. The summed E-state index contributed by atoms with van der Waals surface area (Å²) in [6.07, 6.45) is 17.5.